The number of aliphatic carboxylic acids is 1. The second kappa shape index (κ2) is 13.0. The van der Waals surface area contributed by atoms with E-state index in [2.05, 4.69) is 5.32 Å². The second-order valence-electron chi connectivity index (χ2n) is 5.24. The zero-order valence-electron chi connectivity index (χ0n) is 14.2. The van der Waals surface area contributed by atoms with Crippen LogP contribution in [-0.4, -0.2) is 56.6 Å². The molecule has 0 spiro atoms. The first-order chi connectivity index (χ1) is 12.1. The van der Waals surface area contributed by atoms with E-state index in [0.29, 0.717) is 51.7 Å². The van der Waals surface area contributed by atoms with Crippen LogP contribution >= 0.6 is 0 Å². The topological polar surface area (TPSA) is 120 Å². The van der Waals surface area contributed by atoms with Gasteiger partial charge < -0.3 is 30.4 Å². The van der Waals surface area contributed by atoms with Crippen molar-refractivity contribution < 1.29 is 28.9 Å². The largest absolute Gasteiger partial charge is 0.491 e. The molecule has 0 saturated carbocycles. The Morgan fingerprint density at radius 2 is 1.60 bits per heavy atom. The summed E-state index contributed by atoms with van der Waals surface area (Å²) in [6.45, 7) is 2.82. The van der Waals surface area contributed by atoms with Gasteiger partial charge in [-0.15, -0.1) is 0 Å². The normalized spacial score (nSPS) is 10.4. The number of carbonyl (C=O) groups excluding carboxylic acids is 1. The van der Waals surface area contributed by atoms with Crippen molar-refractivity contribution in [3.63, 3.8) is 0 Å². The zero-order chi connectivity index (χ0) is 18.3. The van der Waals surface area contributed by atoms with E-state index in [1.807, 2.05) is 0 Å². The summed E-state index contributed by atoms with van der Waals surface area (Å²) >= 11 is 0. The monoisotopic (exact) mass is 354 g/mol. The number of anilines is 1. The summed E-state index contributed by atoms with van der Waals surface area (Å²) in [4.78, 5) is 21.6. The molecule has 0 aliphatic carbocycles. The summed E-state index contributed by atoms with van der Waals surface area (Å²) < 4.78 is 16.2. The van der Waals surface area contributed by atoms with Crippen LogP contribution in [0.3, 0.4) is 0 Å². The maximum atomic E-state index is 11.2. The first-order valence-corrected chi connectivity index (χ1v) is 8.20. The number of amides is 1. The lowest BCUT2D eigenvalue weighted by molar-refractivity contribution is -0.138. The fourth-order valence-corrected chi connectivity index (χ4v) is 1.82. The number of nitrogen functional groups attached to an aromatic ring is 1. The molecule has 0 bridgehead atoms. The number of benzene rings is 1. The number of hydrogen-bond donors (Lipinski definition) is 3. The summed E-state index contributed by atoms with van der Waals surface area (Å²) in [5.74, 6) is -0.483. The highest BCUT2D eigenvalue weighted by Gasteiger charge is 2.04. The first kappa shape index (κ1) is 20.7. The lowest BCUT2D eigenvalue weighted by Gasteiger charge is -2.08. The minimum atomic E-state index is -0.975. The summed E-state index contributed by atoms with van der Waals surface area (Å²) in [5.41, 5.74) is 6.28. The molecule has 0 radical (unpaired) electrons. The van der Waals surface area contributed by atoms with Crippen LogP contribution in [0, 0.1) is 0 Å². The van der Waals surface area contributed by atoms with Crippen molar-refractivity contribution in [2.75, 3.05) is 45.3 Å². The molecule has 1 rings (SSSR count). The molecule has 0 aliphatic heterocycles. The predicted octanol–water partition coefficient (Wildman–Crippen LogP) is 1.05. The molecule has 0 aromatic heterocycles. The smallest absolute Gasteiger partial charge is 0.303 e. The molecule has 0 heterocycles. The average molecular weight is 354 g/mol. The number of carboxylic acids is 1. The fourth-order valence-electron chi connectivity index (χ4n) is 1.82. The molecule has 1 aromatic rings. The van der Waals surface area contributed by atoms with Gasteiger partial charge in [0.1, 0.15) is 12.4 Å². The minimum Gasteiger partial charge on any atom is -0.491 e. The van der Waals surface area contributed by atoms with Crippen molar-refractivity contribution in [3.05, 3.63) is 24.3 Å². The van der Waals surface area contributed by atoms with Gasteiger partial charge in [0.15, 0.2) is 0 Å². The van der Waals surface area contributed by atoms with Crippen LogP contribution in [0.25, 0.3) is 0 Å². The van der Waals surface area contributed by atoms with Gasteiger partial charge in [-0.1, -0.05) is 0 Å². The van der Waals surface area contributed by atoms with Gasteiger partial charge in [-0.05, 0) is 30.7 Å². The van der Waals surface area contributed by atoms with Crippen LogP contribution in [0.4, 0.5) is 5.69 Å². The SMILES string of the molecule is Nc1ccc(OCCOCCOCCCNC(=O)CCC(=O)O)cc1. The molecule has 0 aliphatic rings. The van der Waals surface area contributed by atoms with E-state index in [1.165, 1.54) is 0 Å². The Morgan fingerprint density at radius 3 is 2.28 bits per heavy atom. The van der Waals surface area contributed by atoms with E-state index in [4.69, 9.17) is 25.1 Å². The molecule has 0 saturated heterocycles. The third kappa shape index (κ3) is 11.8. The molecule has 0 atom stereocenters. The highest BCUT2D eigenvalue weighted by molar-refractivity contribution is 5.80. The molecule has 25 heavy (non-hydrogen) atoms. The van der Waals surface area contributed by atoms with Crippen LogP contribution in [0.15, 0.2) is 24.3 Å². The first-order valence-electron chi connectivity index (χ1n) is 8.20. The predicted molar refractivity (Wildman–Crippen MR) is 92.5 cm³/mol. The average Bonchev–Trinajstić information content (AvgIpc) is 2.59. The van der Waals surface area contributed by atoms with E-state index in [0.717, 1.165) is 5.75 Å². The van der Waals surface area contributed by atoms with Gasteiger partial charge in [-0.3, -0.25) is 9.59 Å². The van der Waals surface area contributed by atoms with Gasteiger partial charge in [-0.25, -0.2) is 0 Å². The number of ether oxygens (including phenoxy) is 3. The number of nitrogens with one attached hydrogen (secondary N) is 1. The minimum absolute atomic E-state index is 0.00245. The van der Waals surface area contributed by atoms with Crippen LogP contribution in [-0.2, 0) is 19.1 Å². The van der Waals surface area contributed by atoms with Crippen LogP contribution < -0.4 is 15.8 Å². The van der Waals surface area contributed by atoms with E-state index in [1.54, 1.807) is 24.3 Å². The standard InChI is InChI=1S/C17H26N2O6/c18-14-2-4-15(5-3-14)25-13-12-24-11-10-23-9-1-8-19-16(20)6-7-17(21)22/h2-5H,1,6-13,18H2,(H,19,20)(H,21,22). The Balaban J connectivity index is 1.83. The Hall–Kier alpha value is -2.32. The Kier molecular flexibility index (Phi) is 10.8. The number of carbonyl (C=O) groups is 2. The van der Waals surface area contributed by atoms with Gasteiger partial charge in [0, 0.05) is 25.3 Å². The van der Waals surface area contributed by atoms with Gasteiger partial charge in [0.05, 0.1) is 26.2 Å². The van der Waals surface area contributed by atoms with Crippen molar-refractivity contribution in [2.24, 2.45) is 0 Å². The van der Waals surface area contributed by atoms with Crippen LogP contribution in [0.2, 0.25) is 0 Å². The summed E-state index contributed by atoms with van der Waals surface area (Å²) in [5, 5.41) is 11.1. The molecule has 0 unspecified atom stereocenters. The van der Waals surface area contributed by atoms with Crippen molar-refractivity contribution in [1.82, 2.24) is 5.32 Å². The van der Waals surface area contributed by atoms with E-state index >= 15 is 0 Å². The second-order valence-corrected chi connectivity index (χ2v) is 5.24. The molecule has 4 N–H and O–H groups in total. The summed E-state index contributed by atoms with van der Waals surface area (Å²) in [7, 11) is 0. The number of carboxylic acid groups (broad SMARTS) is 1. The van der Waals surface area contributed by atoms with Crippen molar-refractivity contribution in [1.29, 1.82) is 0 Å². The van der Waals surface area contributed by atoms with E-state index in [9.17, 15) is 9.59 Å². The van der Waals surface area contributed by atoms with Crippen molar-refractivity contribution >= 4 is 17.6 Å². The third-order valence-corrected chi connectivity index (χ3v) is 3.10. The Morgan fingerprint density at radius 1 is 0.960 bits per heavy atom. The maximum absolute atomic E-state index is 11.2. The van der Waals surface area contributed by atoms with E-state index < -0.39 is 5.97 Å². The fraction of sp³-hybridized carbons (Fsp3) is 0.529. The number of rotatable bonds is 14. The highest BCUT2D eigenvalue weighted by Crippen LogP contribution is 2.12. The lowest BCUT2D eigenvalue weighted by atomic mass is 10.3. The lowest BCUT2D eigenvalue weighted by Crippen LogP contribution is -2.25. The molecular weight excluding hydrogens is 328 g/mol. The zero-order valence-corrected chi connectivity index (χ0v) is 14.2. The summed E-state index contributed by atoms with van der Waals surface area (Å²) in [6, 6.07) is 7.16. The van der Waals surface area contributed by atoms with Gasteiger partial charge in [-0.2, -0.15) is 0 Å². The Labute approximate surface area is 147 Å². The number of nitrogens with two attached hydrogens (primary N) is 1. The molecule has 0 fully saturated rings. The van der Waals surface area contributed by atoms with Gasteiger partial charge in [0.25, 0.3) is 0 Å². The quantitative estimate of drug-likeness (QED) is 0.337. The summed E-state index contributed by atoms with van der Waals surface area (Å²) in [6.07, 6.45) is 0.517. The molecular formula is C17H26N2O6. The molecule has 1 aromatic carbocycles. The molecule has 1 amide bonds. The van der Waals surface area contributed by atoms with Crippen molar-refractivity contribution in [2.45, 2.75) is 19.3 Å². The van der Waals surface area contributed by atoms with Crippen LogP contribution in [0.5, 0.6) is 5.75 Å². The van der Waals surface area contributed by atoms with Crippen molar-refractivity contribution in [3.8, 4) is 5.75 Å². The third-order valence-electron chi connectivity index (χ3n) is 3.10. The Bertz CT molecular complexity index is 506. The number of hydrogen-bond acceptors (Lipinski definition) is 6. The van der Waals surface area contributed by atoms with E-state index in [-0.39, 0.29) is 18.7 Å². The highest BCUT2D eigenvalue weighted by atomic mass is 16.5. The molecule has 8 heteroatoms. The van der Waals surface area contributed by atoms with Gasteiger partial charge in [0.2, 0.25) is 5.91 Å². The maximum Gasteiger partial charge on any atom is 0.303 e. The van der Waals surface area contributed by atoms with Gasteiger partial charge >= 0.3 is 5.97 Å². The van der Waals surface area contributed by atoms with Crippen LogP contribution in [0.1, 0.15) is 19.3 Å². The molecule has 8 nitrogen and oxygen atoms in total. The molecule has 140 valence electrons.